The summed E-state index contributed by atoms with van der Waals surface area (Å²) in [6.07, 6.45) is 0. The average Bonchev–Trinajstić information content (AvgIpc) is 2.92. The molecule has 1 aliphatic heterocycles. The van der Waals surface area contributed by atoms with E-state index in [4.69, 9.17) is 9.47 Å². The summed E-state index contributed by atoms with van der Waals surface area (Å²) < 4.78 is 40.4. The lowest BCUT2D eigenvalue weighted by molar-refractivity contribution is 0.0730. The highest BCUT2D eigenvalue weighted by Crippen LogP contribution is 2.25. The van der Waals surface area contributed by atoms with Crippen molar-refractivity contribution >= 4 is 10.0 Å². The van der Waals surface area contributed by atoms with E-state index in [-0.39, 0.29) is 0 Å². The second-order valence-electron chi connectivity index (χ2n) is 6.81. The number of aromatic nitrogens is 2. The van der Waals surface area contributed by atoms with Crippen molar-refractivity contribution in [2.45, 2.75) is 39.1 Å². The largest absolute Gasteiger partial charge is 0.491 e. The van der Waals surface area contributed by atoms with Crippen LogP contribution in [0.15, 0.2) is 23.1 Å². The molecule has 148 valence electrons. The summed E-state index contributed by atoms with van der Waals surface area (Å²) >= 11 is 0. The van der Waals surface area contributed by atoms with Gasteiger partial charge in [0.2, 0.25) is 10.0 Å². The molecular formula is C19H27N3O4S. The van der Waals surface area contributed by atoms with Gasteiger partial charge in [-0.15, -0.1) is 0 Å². The molecule has 0 amide bonds. The molecule has 1 aromatic carbocycles. The summed E-state index contributed by atoms with van der Waals surface area (Å²) in [5, 5.41) is 4.45. The highest BCUT2D eigenvalue weighted by molar-refractivity contribution is 7.89. The van der Waals surface area contributed by atoms with E-state index < -0.39 is 10.0 Å². The molecule has 27 heavy (non-hydrogen) atoms. The van der Waals surface area contributed by atoms with Gasteiger partial charge in [-0.2, -0.15) is 9.40 Å². The molecule has 1 aromatic heterocycles. The first-order valence-corrected chi connectivity index (χ1v) is 10.6. The maximum Gasteiger partial charge on any atom is 0.246 e. The van der Waals surface area contributed by atoms with Crippen LogP contribution in [0, 0.1) is 27.7 Å². The van der Waals surface area contributed by atoms with Crippen LogP contribution in [0.4, 0.5) is 0 Å². The summed E-state index contributed by atoms with van der Waals surface area (Å²) in [6.45, 7) is 10.1. The lowest BCUT2D eigenvalue weighted by Crippen LogP contribution is -2.41. The quantitative estimate of drug-likeness (QED) is 0.752. The predicted octanol–water partition coefficient (Wildman–Crippen LogP) is 2.22. The molecule has 0 unspecified atom stereocenters. The molecule has 2 heterocycles. The first kappa shape index (κ1) is 19.9. The van der Waals surface area contributed by atoms with Gasteiger partial charge in [-0.1, -0.05) is 18.2 Å². The van der Waals surface area contributed by atoms with Crippen molar-refractivity contribution in [1.82, 2.24) is 14.1 Å². The van der Waals surface area contributed by atoms with Gasteiger partial charge in [-0.05, 0) is 38.8 Å². The number of sulfonamides is 1. The van der Waals surface area contributed by atoms with Crippen molar-refractivity contribution in [2.24, 2.45) is 0 Å². The van der Waals surface area contributed by atoms with Crippen LogP contribution in [-0.4, -0.2) is 55.4 Å². The first-order valence-electron chi connectivity index (χ1n) is 9.13. The SMILES string of the molecule is Cc1cccc(C)c1OCCn1nc(C)c(S(=O)(=O)N2CCOCC2)c1C. The minimum Gasteiger partial charge on any atom is -0.491 e. The van der Waals surface area contributed by atoms with Gasteiger partial charge < -0.3 is 9.47 Å². The van der Waals surface area contributed by atoms with Crippen molar-refractivity contribution in [1.29, 1.82) is 0 Å². The molecule has 8 heteroatoms. The molecule has 1 saturated heterocycles. The molecule has 0 saturated carbocycles. The standard InChI is InChI=1S/C19H27N3O4S/c1-14-6-5-7-15(2)18(14)26-13-10-22-17(4)19(16(3)20-22)27(23,24)21-8-11-25-12-9-21/h5-7H,8-13H2,1-4H3. The second kappa shape index (κ2) is 8.00. The van der Waals surface area contributed by atoms with E-state index in [0.717, 1.165) is 16.9 Å². The number of ether oxygens (including phenoxy) is 2. The van der Waals surface area contributed by atoms with Crippen molar-refractivity contribution in [3.8, 4) is 5.75 Å². The van der Waals surface area contributed by atoms with E-state index in [2.05, 4.69) is 5.10 Å². The summed E-state index contributed by atoms with van der Waals surface area (Å²) in [5.74, 6) is 0.875. The highest BCUT2D eigenvalue weighted by Gasteiger charge is 2.31. The van der Waals surface area contributed by atoms with Gasteiger partial charge in [-0.3, -0.25) is 4.68 Å². The fraction of sp³-hybridized carbons (Fsp3) is 0.526. The second-order valence-corrected chi connectivity index (χ2v) is 8.68. The summed E-state index contributed by atoms with van der Waals surface area (Å²) in [5.41, 5.74) is 3.33. The van der Waals surface area contributed by atoms with Crippen LogP contribution in [0.2, 0.25) is 0 Å². The fourth-order valence-corrected chi connectivity index (χ4v) is 5.23. The van der Waals surface area contributed by atoms with Crippen molar-refractivity contribution in [3.63, 3.8) is 0 Å². The minimum atomic E-state index is -3.56. The van der Waals surface area contributed by atoms with E-state index in [0.29, 0.717) is 55.7 Å². The Morgan fingerprint density at radius 1 is 1.11 bits per heavy atom. The molecule has 3 rings (SSSR count). The minimum absolute atomic E-state index is 0.302. The molecule has 7 nitrogen and oxygen atoms in total. The summed E-state index contributed by atoms with van der Waals surface area (Å²) in [4.78, 5) is 0.302. The number of rotatable bonds is 6. The molecule has 0 radical (unpaired) electrons. The number of aryl methyl sites for hydroxylation is 3. The van der Waals surface area contributed by atoms with Gasteiger partial charge in [-0.25, -0.2) is 8.42 Å². The van der Waals surface area contributed by atoms with Gasteiger partial charge in [0, 0.05) is 13.1 Å². The van der Waals surface area contributed by atoms with Gasteiger partial charge in [0.25, 0.3) is 0 Å². The van der Waals surface area contributed by atoms with Crippen molar-refractivity contribution in [3.05, 3.63) is 40.7 Å². The van der Waals surface area contributed by atoms with Gasteiger partial charge in [0.15, 0.2) is 0 Å². The molecule has 2 aromatic rings. The van der Waals surface area contributed by atoms with E-state index in [9.17, 15) is 8.42 Å². The fourth-order valence-electron chi connectivity index (χ4n) is 3.45. The van der Waals surface area contributed by atoms with Crippen molar-refractivity contribution in [2.75, 3.05) is 32.9 Å². The normalized spacial score (nSPS) is 15.9. The van der Waals surface area contributed by atoms with Crippen molar-refractivity contribution < 1.29 is 17.9 Å². The number of hydrogen-bond acceptors (Lipinski definition) is 5. The highest BCUT2D eigenvalue weighted by atomic mass is 32.2. The number of nitrogens with zero attached hydrogens (tertiary/aromatic N) is 3. The monoisotopic (exact) mass is 393 g/mol. The number of hydrogen-bond donors (Lipinski definition) is 0. The van der Waals surface area contributed by atoms with Gasteiger partial charge in [0.05, 0.1) is 31.1 Å². The van der Waals surface area contributed by atoms with Crippen LogP contribution in [0.25, 0.3) is 0 Å². The van der Waals surface area contributed by atoms with E-state index in [1.54, 1.807) is 18.5 Å². The summed E-state index contributed by atoms with van der Waals surface area (Å²) in [6, 6.07) is 6.03. The maximum absolute atomic E-state index is 13.0. The Balaban J connectivity index is 1.76. The topological polar surface area (TPSA) is 73.7 Å². The number of para-hydroxylation sites is 1. The third kappa shape index (κ3) is 4.02. The Morgan fingerprint density at radius 3 is 2.37 bits per heavy atom. The molecule has 0 N–H and O–H groups in total. The third-order valence-electron chi connectivity index (χ3n) is 4.84. The third-order valence-corrected chi connectivity index (χ3v) is 6.99. The Hall–Kier alpha value is -1.90. The Labute approximate surface area is 160 Å². The zero-order valence-corrected chi connectivity index (χ0v) is 17.2. The van der Waals surface area contributed by atoms with Crippen LogP contribution in [0.5, 0.6) is 5.75 Å². The van der Waals surface area contributed by atoms with E-state index >= 15 is 0 Å². The number of benzene rings is 1. The zero-order chi connectivity index (χ0) is 19.6. The van der Waals surface area contributed by atoms with Crippen LogP contribution in [0.1, 0.15) is 22.5 Å². The molecular weight excluding hydrogens is 366 g/mol. The van der Waals surface area contributed by atoms with Gasteiger partial charge >= 0.3 is 0 Å². The van der Waals surface area contributed by atoms with E-state index in [1.165, 1.54) is 4.31 Å². The number of morpholine rings is 1. The maximum atomic E-state index is 13.0. The smallest absolute Gasteiger partial charge is 0.246 e. The van der Waals surface area contributed by atoms with Crippen LogP contribution >= 0.6 is 0 Å². The van der Waals surface area contributed by atoms with Gasteiger partial charge in [0.1, 0.15) is 17.3 Å². The molecule has 1 aliphatic rings. The molecule has 1 fully saturated rings. The average molecular weight is 394 g/mol. The summed E-state index contributed by atoms with van der Waals surface area (Å²) in [7, 11) is -3.56. The van der Waals surface area contributed by atoms with Crippen LogP contribution in [0.3, 0.4) is 0 Å². The van der Waals surface area contributed by atoms with E-state index in [1.807, 2.05) is 32.0 Å². The molecule has 0 bridgehead atoms. The van der Waals surface area contributed by atoms with Crippen LogP contribution in [-0.2, 0) is 21.3 Å². The first-order chi connectivity index (χ1) is 12.8. The Morgan fingerprint density at radius 2 is 1.74 bits per heavy atom. The lowest BCUT2D eigenvalue weighted by Gasteiger charge is -2.26. The lowest BCUT2D eigenvalue weighted by atomic mass is 10.1. The molecule has 0 aliphatic carbocycles. The molecule has 0 spiro atoms. The van der Waals surface area contributed by atoms with Crippen LogP contribution < -0.4 is 4.74 Å². The predicted molar refractivity (Wildman–Crippen MR) is 103 cm³/mol. The zero-order valence-electron chi connectivity index (χ0n) is 16.4. The molecule has 0 atom stereocenters. The Bertz CT molecular complexity index is 895. The Kier molecular flexibility index (Phi) is 5.88.